The third kappa shape index (κ3) is 1.79. The molecule has 0 fully saturated rings. The first kappa shape index (κ1) is 10.7. The Kier molecular flexibility index (Phi) is 2.66. The minimum absolute atomic E-state index is 0.178. The summed E-state index contributed by atoms with van der Waals surface area (Å²) in [7, 11) is 1.52. The molecular weight excluding hydrogens is 232 g/mol. The number of carbonyl (C=O) groups is 1. The van der Waals surface area contributed by atoms with Crippen LogP contribution in [0.3, 0.4) is 0 Å². The summed E-state index contributed by atoms with van der Waals surface area (Å²) in [4.78, 5) is 22.3. The Hall–Kier alpha value is -1.81. The van der Waals surface area contributed by atoms with E-state index in [1.165, 1.54) is 13.2 Å². The Labute approximate surface area is 95.4 Å². The average molecular weight is 239 g/mol. The lowest BCUT2D eigenvalue weighted by atomic mass is 10.2. The molecule has 0 atom stereocenters. The fourth-order valence-electron chi connectivity index (χ4n) is 1.37. The minimum Gasteiger partial charge on any atom is -0.497 e. The number of carbonyl (C=O) groups excluding carboxylic acids is 1. The largest absolute Gasteiger partial charge is 0.497 e. The standard InChI is InChI=1S/C11H7ClO4/c1-15-7-2-3-9-6(4-7)5-8(10(12)13)11(14)16-9/h2-5H,1H3. The maximum Gasteiger partial charge on any atom is 0.348 e. The molecule has 2 aromatic rings. The van der Waals surface area contributed by atoms with E-state index < -0.39 is 10.9 Å². The number of fused-ring (bicyclic) bond motifs is 1. The molecule has 0 spiro atoms. The van der Waals surface area contributed by atoms with Gasteiger partial charge in [-0.2, -0.15) is 0 Å². The molecule has 16 heavy (non-hydrogen) atoms. The highest BCUT2D eigenvalue weighted by molar-refractivity contribution is 6.67. The van der Waals surface area contributed by atoms with Crippen molar-refractivity contribution in [2.75, 3.05) is 7.11 Å². The number of methoxy groups -OCH3 is 1. The summed E-state index contributed by atoms with van der Waals surface area (Å²) < 4.78 is 9.95. The van der Waals surface area contributed by atoms with Gasteiger partial charge in [-0.05, 0) is 35.9 Å². The molecule has 0 aliphatic heterocycles. The van der Waals surface area contributed by atoms with Crippen LogP contribution in [0.4, 0.5) is 0 Å². The second-order valence-electron chi connectivity index (χ2n) is 3.12. The van der Waals surface area contributed by atoms with Gasteiger partial charge < -0.3 is 9.15 Å². The Morgan fingerprint density at radius 2 is 2.12 bits per heavy atom. The van der Waals surface area contributed by atoms with Crippen LogP contribution in [-0.4, -0.2) is 12.4 Å². The predicted octanol–water partition coefficient (Wildman–Crippen LogP) is 2.18. The number of halogens is 1. The van der Waals surface area contributed by atoms with Gasteiger partial charge in [0.05, 0.1) is 7.11 Å². The Balaban J connectivity index is 2.75. The van der Waals surface area contributed by atoms with Gasteiger partial charge in [-0.25, -0.2) is 4.79 Å². The maximum absolute atomic E-state index is 11.3. The molecule has 0 saturated heterocycles. The monoisotopic (exact) mass is 238 g/mol. The van der Waals surface area contributed by atoms with Gasteiger partial charge in [-0.1, -0.05) is 0 Å². The molecule has 4 nitrogen and oxygen atoms in total. The van der Waals surface area contributed by atoms with Crippen LogP contribution in [0, 0.1) is 0 Å². The van der Waals surface area contributed by atoms with Crippen LogP contribution in [-0.2, 0) is 0 Å². The fourth-order valence-corrected chi connectivity index (χ4v) is 1.50. The Bertz CT molecular complexity index is 615. The fraction of sp³-hybridized carbons (Fsp3) is 0.0909. The molecule has 1 aromatic heterocycles. The van der Waals surface area contributed by atoms with Crippen LogP contribution in [0.15, 0.2) is 33.5 Å². The topological polar surface area (TPSA) is 56.5 Å². The number of ether oxygens (including phenoxy) is 1. The maximum atomic E-state index is 11.3. The van der Waals surface area contributed by atoms with Gasteiger partial charge in [0.25, 0.3) is 5.24 Å². The van der Waals surface area contributed by atoms with Gasteiger partial charge in [-0.15, -0.1) is 0 Å². The van der Waals surface area contributed by atoms with Crippen molar-refractivity contribution < 1.29 is 13.9 Å². The zero-order valence-electron chi connectivity index (χ0n) is 8.32. The first-order valence-corrected chi connectivity index (χ1v) is 4.81. The zero-order valence-corrected chi connectivity index (χ0v) is 9.08. The van der Waals surface area contributed by atoms with Crippen LogP contribution in [0.1, 0.15) is 10.4 Å². The summed E-state index contributed by atoms with van der Waals surface area (Å²) >= 11 is 5.25. The van der Waals surface area contributed by atoms with Crippen molar-refractivity contribution in [2.24, 2.45) is 0 Å². The number of hydrogen-bond acceptors (Lipinski definition) is 4. The van der Waals surface area contributed by atoms with Crippen LogP contribution in [0.5, 0.6) is 5.75 Å². The predicted molar refractivity (Wildman–Crippen MR) is 59.2 cm³/mol. The van der Waals surface area contributed by atoms with E-state index in [0.29, 0.717) is 16.7 Å². The van der Waals surface area contributed by atoms with Gasteiger partial charge in [-0.3, -0.25) is 4.79 Å². The molecule has 0 aliphatic carbocycles. The van der Waals surface area contributed by atoms with Crippen molar-refractivity contribution in [3.63, 3.8) is 0 Å². The van der Waals surface area contributed by atoms with Gasteiger partial charge in [0, 0.05) is 5.39 Å². The Morgan fingerprint density at radius 3 is 2.75 bits per heavy atom. The SMILES string of the molecule is COc1ccc2oc(=O)c(C(=O)Cl)cc2c1. The first-order valence-electron chi connectivity index (χ1n) is 4.43. The van der Waals surface area contributed by atoms with Gasteiger partial charge >= 0.3 is 5.63 Å². The lowest BCUT2D eigenvalue weighted by Gasteiger charge is -2.01. The highest BCUT2D eigenvalue weighted by Crippen LogP contribution is 2.20. The average Bonchev–Trinajstić information content (AvgIpc) is 2.27. The van der Waals surface area contributed by atoms with Crippen molar-refractivity contribution in [3.05, 3.63) is 40.2 Å². The number of rotatable bonds is 2. The molecule has 1 heterocycles. The molecule has 0 amide bonds. The Morgan fingerprint density at radius 1 is 1.38 bits per heavy atom. The van der Waals surface area contributed by atoms with Crippen molar-refractivity contribution in [2.45, 2.75) is 0 Å². The molecule has 1 aromatic carbocycles. The molecular formula is C11H7ClO4. The molecule has 0 N–H and O–H groups in total. The molecule has 0 radical (unpaired) electrons. The van der Waals surface area contributed by atoms with E-state index in [9.17, 15) is 9.59 Å². The van der Waals surface area contributed by atoms with E-state index in [0.717, 1.165) is 0 Å². The van der Waals surface area contributed by atoms with Crippen molar-refractivity contribution >= 4 is 27.8 Å². The van der Waals surface area contributed by atoms with E-state index in [1.807, 2.05) is 0 Å². The van der Waals surface area contributed by atoms with Gasteiger partial charge in [0.15, 0.2) is 0 Å². The van der Waals surface area contributed by atoms with Crippen molar-refractivity contribution in [1.29, 1.82) is 0 Å². The van der Waals surface area contributed by atoms with E-state index in [-0.39, 0.29) is 5.56 Å². The van der Waals surface area contributed by atoms with Gasteiger partial charge in [0.1, 0.15) is 16.9 Å². The van der Waals surface area contributed by atoms with E-state index in [4.69, 9.17) is 20.8 Å². The quantitative estimate of drug-likeness (QED) is 0.594. The molecule has 0 saturated carbocycles. The smallest absolute Gasteiger partial charge is 0.348 e. The number of hydrogen-bond donors (Lipinski definition) is 0. The third-order valence-electron chi connectivity index (χ3n) is 2.15. The molecule has 2 rings (SSSR count). The van der Waals surface area contributed by atoms with E-state index in [1.54, 1.807) is 18.2 Å². The normalized spacial score (nSPS) is 10.4. The number of benzene rings is 1. The second kappa shape index (κ2) is 3.98. The molecule has 5 heteroatoms. The van der Waals surface area contributed by atoms with Gasteiger partial charge in [0.2, 0.25) is 0 Å². The third-order valence-corrected chi connectivity index (χ3v) is 2.35. The summed E-state index contributed by atoms with van der Waals surface area (Å²) in [5, 5.41) is -0.249. The second-order valence-corrected chi connectivity index (χ2v) is 3.47. The minimum atomic E-state index is -0.835. The summed E-state index contributed by atoms with van der Waals surface area (Å²) in [6.07, 6.45) is 0. The molecule has 0 aliphatic rings. The molecule has 82 valence electrons. The van der Waals surface area contributed by atoms with E-state index in [2.05, 4.69) is 0 Å². The van der Waals surface area contributed by atoms with Crippen LogP contribution in [0.2, 0.25) is 0 Å². The first-order chi connectivity index (χ1) is 7.61. The summed E-state index contributed by atoms with van der Waals surface area (Å²) in [5.41, 5.74) is -0.535. The molecule has 0 bridgehead atoms. The zero-order chi connectivity index (χ0) is 11.7. The van der Waals surface area contributed by atoms with Crippen molar-refractivity contribution in [3.8, 4) is 5.75 Å². The van der Waals surface area contributed by atoms with Crippen molar-refractivity contribution in [1.82, 2.24) is 0 Å². The highest BCUT2D eigenvalue weighted by Gasteiger charge is 2.11. The lowest BCUT2D eigenvalue weighted by Crippen LogP contribution is -2.09. The summed E-state index contributed by atoms with van der Waals surface area (Å²) in [6, 6.07) is 6.30. The lowest BCUT2D eigenvalue weighted by molar-refractivity contribution is 0.107. The summed E-state index contributed by atoms with van der Waals surface area (Å²) in [5.74, 6) is 0.606. The highest BCUT2D eigenvalue weighted by atomic mass is 35.5. The summed E-state index contributed by atoms with van der Waals surface area (Å²) in [6.45, 7) is 0. The van der Waals surface area contributed by atoms with Crippen LogP contribution in [0.25, 0.3) is 11.0 Å². The van der Waals surface area contributed by atoms with Crippen LogP contribution < -0.4 is 10.4 Å². The van der Waals surface area contributed by atoms with Crippen LogP contribution >= 0.6 is 11.6 Å². The van der Waals surface area contributed by atoms with E-state index >= 15 is 0 Å². The molecule has 0 unspecified atom stereocenters.